The SMILES string of the molecule is Cc1cccc([C@@H]2O[C@H](c3cccc(C)c3)C[C@@](C)(c3ccccc3)O2)c1. The van der Waals surface area contributed by atoms with Crippen molar-refractivity contribution in [3.8, 4) is 0 Å². The van der Waals surface area contributed by atoms with E-state index in [1.165, 1.54) is 22.3 Å². The van der Waals surface area contributed by atoms with Gasteiger partial charge in [0.25, 0.3) is 0 Å². The first-order valence-electron chi connectivity index (χ1n) is 9.55. The minimum absolute atomic E-state index is 0.0191. The van der Waals surface area contributed by atoms with Gasteiger partial charge in [-0.3, -0.25) is 0 Å². The first-order chi connectivity index (χ1) is 13.0. The molecule has 2 nitrogen and oxygen atoms in total. The highest BCUT2D eigenvalue weighted by atomic mass is 16.7. The first kappa shape index (κ1) is 18.0. The van der Waals surface area contributed by atoms with Gasteiger partial charge in [-0.2, -0.15) is 0 Å². The number of rotatable bonds is 3. The van der Waals surface area contributed by atoms with Crippen molar-refractivity contribution in [1.29, 1.82) is 0 Å². The predicted octanol–water partition coefficient (Wildman–Crippen LogP) is 6.40. The minimum Gasteiger partial charge on any atom is -0.340 e. The molecule has 3 aromatic carbocycles. The molecule has 1 heterocycles. The van der Waals surface area contributed by atoms with Crippen LogP contribution in [0.2, 0.25) is 0 Å². The Morgan fingerprint density at radius 3 is 2.07 bits per heavy atom. The molecule has 1 saturated heterocycles. The largest absolute Gasteiger partial charge is 0.340 e. The van der Waals surface area contributed by atoms with Gasteiger partial charge in [0.05, 0.1) is 11.7 Å². The fourth-order valence-corrected chi connectivity index (χ4v) is 3.87. The smallest absolute Gasteiger partial charge is 0.185 e. The van der Waals surface area contributed by atoms with Crippen LogP contribution in [-0.2, 0) is 15.1 Å². The molecular weight excluding hydrogens is 332 g/mol. The van der Waals surface area contributed by atoms with E-state index < -0.39 is 11.9 Å². The lowest BCUT2D eigenvalue weighted by Gasteiger charge is -2.43. The zero-order valence-corrected chi connectivity index (χ0v) is 16.2. The van der Waals surface area contributed by atoms with Crippen LogP contribution in [0.3, 0.4) is 0 Å². The summed E-state index contributed by atoms with van der Waals surface area (Å²) in [5.74, 6) is 0. The van der Waals surface area contributed by atoms with Gasteiger partial charge in [0, 0.05) is 12.0 Å². The summed E-state index contributed by atoms with van der Waals surface area (Å²) < 4.78 is 13.0. The predicted molar refractivity (Wildman–Crippen MR) is 108 cm³/mol. The van der Waals surface area contributed by atoms with Crippen molar-refractivity contribution in [2.24, 2.45) is 0 Å². The fraction of sp³-hybridized carbons (Fsp3) is 0.280. The standard InChI is InChI=1S/C25H26O2/c1-18-9-7-11-20(15-18)23-17-25(3,22-13-5-4-6-14-22)27-24(26-23)21-12-8-10-19(2)16-21/h4-16,23-24H,17H2,1-3H3/t23-,24+,25-/m0/s1. The Morgan fingerprint density at radius 1 is 0.778 bits per heavy atom. The monoisotopic (exact) mass is 358 g/mol. The van der Waals surface area contributed by atoms with Gasteiger partial charge in [-0.1, -0.05) is 90.0 Å². The third-order valence-electron chi connectivity index (χ3n) is 5.34. The summed E-state index contributed by atoms with van der Waals surface area (Å²) in [6.07, 6.45) is 0.367. The first-order valence-corrected chi connectivity index (χ1v) is 9.55. The van der Waals surface area contributed by atoms with Crippen molar-refractivity contribution in [3.05, 3.63) is 107 Å². The number of aryl methyl sites for hydroxylation is 2. The molecule has 0 amide bonds. The normalized spacial score (nSPS) is 25.3. The fourth-order valence-electron chi connectivity index (χ4n) is 3.87. The summed E-state index contributed by atoms with van der Waals surface area (Å²) in [4.78, 5) is 0. The van der Waals surface area contributed by atoms with E-state index >= 15 is 0 Å². The summed E-state index contributed by atoms with van der Waals surface area (Å²) in [5.41, 5.74) is 5.49. The average Bonchev–Trinajstić information content (AvgIpc) is 2.68. The zero-order chi connectivity index (χ0) is 18.9. The van der Waals surface area contributed by atoms with Crippen LogP contribution in [0.15, 0.2) is 78.9 Å². The van der Waals surface area contributed by atoms with Gasteiger partial charge in [-0.15, -0.1) is 0 Å². The van der Waals surface area contributed by atoms with E-state index in [1.807, 2.05) is 6.07 Å². The van der Waals surface area contributed by atoms with Crippen molar-refractivity contribution in [1.82, 2.24) is 0 Å². The zero-order valence-electron chi connectivity index (χ0n) is 16.2. The molecule has 1 aliphatic heterocycles. The van der Waals surface area contributed by atoms with Crippen molar-refractivity contribution in [2.75, 3.05) is 0 Å². The van der Waals surface area contributed by atoms with Crippen LogP contribution in [0.4, 0.5) is 0 Å². The summed E-state index contributed by atoms with van der Waals surface area (Å²) >= 11 is 0. The van der Waals surface area contributed by atoms with E-state index in [2.05, 4.69) is 93.6 Å². The van der Waals surface area contributed by atoms with Gasteiger partial charge in [-0.05, 0) is 31.9 Å². The molecule has 2 heteroatoms. The molecule has 0 unspecified atom stereocenters. The highest BCUT2D eigenvalue weighted by Gasteiger charge is 2.41. The van der Waals surface area contributed by atoms with Crippen LogP contribution in [-0.4, -0.2) is 0 Å². The number of hydrogen-bond acceptors (Lipinski definition) is 2. The number of benzene rings is 3. The topological polar surface area (TPSA) is 18.5 Å². The van der Waals surface area contributed by atoms with Crippen molar-refractivity contribution in [2.45, 2.75) is 45.2 Å². The second kappa shape index (κ2) is 7.30. The molecule has 0 spiro atoms. The Morgan fingerprint density at radius 2 is 1.41 bits per heavy atom. The number of hydrogen-bond donors (Lipinski definition) is 0. The van der Waals surface area contributed by atoms with Gasteiger partial charge in [0.2, 0.25) is 0 Å². The molecular formula is C25H26O2. The molecule has 0 aliphatic carbocycles. The molecule has 1 aliphatic rings. The van der Waals surface area contributed by atoms with Crippen molar-refractivity contribution >= 4 is 0 Å². The Bertz CT molecular complexity index is 863. The van der Waals surface area contributed by atoms with Gasteiger partial charge in [0.1, 0.15) is 0 Å². The second-order valence-corrected chi connectivity index (χ2v) is 7.70. The van der Waals surface area contributed by atoms with E-state index in [4.69, 9.17) is 9.47 Å². The Labute approximate surface area is 161 Å². The lowest BCUT2D eigenvalue weighted by atomic mass is 9.86. The molecule has 4 rings (SSSR count). The van der Waals surface area contributed by atoms with E-state index in [1.54, 1.807) is 0 Å². The van der Waals surface area contributed by atoms with Crippen LogP contribution >= 0.6 is 0 Å². The molecule has 3 aromatic rings. The van der Waals surface area contributed by atoms with E-state index in [-0.39, 0.29) is 6.10 Å². The van der Waals surface area contributed by atoms with Crippen LogP contribution in [0.1, 0.15) is 53.6 Å². The highest BCUT2D eigenvalue weighted by Crippen LogP contribution is 2.47. The molecule has 27 heavy (non-hydrogen) atoms. The van der Waals surface area contributed by atoms with Gasteiger partial charge >= 0.3 is 0 Å². The quantitative estimate of drug-likeness (QED) is 0.539. The van der Waals surface area contributed by atoms with Crippen LogP contribution in [0, 0.1) is 13.8 Å². The number of ether oxygens (including phenoxy) is 2. The van der Waals surface area contributed by atoms with Gasteiger partial charge < -0.3 is 9.47 Å². The van der Waals surface area contributed by atoms with Gasteiger partial charge in [-0.25, -0.2) is 0 Å². The van der Waals surface area contributed by atoms with E-state index in [9.17, 15) is 0 Å². The maximum Gasteiger partial charge on any atom is 0.185 e. The summed E-state index contributed by atoms with van der Waals surface area (Å²) in [6.45, 7) is 6.40. The lowest BCUT2D eigenvalue weighted by molar-refractivity contribution is -0.290. The average molecular weight is 358 g/mol. The summed E-state index contributed by atoms with van der Waals surface area (Å²) in [5, 5.41) is 0. The van der Waals surface area contributed by atoms with E-state index in [0.717, 1.165) is 12.0 Å². The highest BCUT2D eigenvalue weighted by molar-refractivity contribution is 5.29. The van der Waals surface area contributed by atoms with Crippen LogP contribution in [0.25, 0.3) is 0 Å². The summed E-state index contributed by atoms with van der Waals surface area (Å²) in [6, 6.07) is 27.5. The molecule has 3 atom stereocenters. The Hall–Kier alpha value is -2.42. The maximum absolute atomic E-state index is 6.56. The van der Waals surface area contributed by atoms with Crippen LogP contribution in [0.5, 0.6) is 0 Å². The molecule has 0 radical (unpaired) electrons. The second-order valence-electron chi connectivity index (χ2n) is 7.70. The minimum atomic E-state index is -0.414. The Kier molecular flexibility index (Phi) is 4.86. The van der Waals surface area contributed by atoms with Crippen molar-refractivity contribution < 1.29 is 9.47 Å². The van der Waals surface area contributed by atoms with E-state index in [0.29, 0.717) is 0 Å². The van der Waals surface area contributed by atoms with Crippen LogP contribution < -0.4 is 0 Å². The third kappa shape index (κ3) is 3.83. The lowest BCUT2D eigenvalue weighted by Crippen LogP contribution is -2.37. The summed E-state index contributed by atoms with van der Waals surface area (Å²) in [7, 11) is 0. The molecule has 0 bridgehead atoms. The molecule has 0 N–H and O–H groups in total. The molecule has 138 valence electrons. The molecule has 0 saturated carbocycles. The molecule has 0 aromatic heterocycles. The van der Waals surface area contributed by atoms with Crippen molar-refractivity contribution in [3.63, 3.8) is 0 Å². The van der Waals surface area contributed by atoms with Gasteiger partial charge in [0.15, 0.2) is 6.29 Å². The molecule has 1 fully saturated rings. The maximum atomic E-state index is 6.56. The Balaban J connectivity index is 1.75. The third-order valence-corrected chi connectivity index (χ3v) is 5.34.